The third kappa shape index (κ3) is 4.93. The Hall–Kier alpha value is -2.25. The lowest BCUT2D eigenvalue weighted by Crippen LogP contribution is -2.67. The molecule has 1 heterocycles. The maximum atomic E-state index is 12.9. The summed E-state index contributed by atoms with van der Waals surface area (Å²) in [6, 6.07) is -0.976. The van der Waals surface area contributed by atoms with Gasteiger partial charge >= 0.3 is 18.2 Å². The van der Waals surface area contributed by atoms with Gasteiger partial charge in [-0.25, -0.2) is 19.4 Å². The van der Waals surface area contributed by atoms with E-state index in [1.165, 1.54) is 0 Å². The van der Waals surface area contributed by atoms with Gasteiger partial charge in [-0.3, -0.25) is 0 Å². The van der Waals surface area contributed by atoms with Crippen LogP contribution in [0.25, 0.3) is 0 Å². The lowest BCUT2D eigenvalue weighted by Gasteiger charge is -2.50. The molecular formula is C19H30N2O6. The van der Waals surface area contributed by atoms with Gasteiger partial charge in [-0.1, -0.05) is 12.2 Å². The van der Waals surface area contributed by atoms with E-state index in [9.17, 15) is 14.4 Å². The topological polar surface area (TPSA) is 85.4 Å². The zero-order chi connectivity index (χ0) is 20.6. The largest absolute Gasteiger partial charge is 0.464 e. The smallest absolute Gasteiger partial charge is 0.430 e. The van der Waals surface area contributed by atoms with Gasteiger partial charge in [0.15, 0.2) is 6.04 Å². The highest BCUT2D eigenvalue weighted by Crippen LogP contribution is 2.39. The predicted molar refractivity (Wildman–Crippen MR) is 97.6 cm³/mol. The fourth-order valence-corrected chi connectivity index (χ4v) is 3.00. The number of hydrazine groups is 1. The Kier molecular flexibility index (Phi) is 5.77. The second-order valence-corrected chi connectivity index (χ2v) is 8.71. The first-order valence-corrected chi connectivity index (χ1v) is 9.21. The van der Waals surface area contributed by atoms with Crippen molar-refractivity contribution in [3.8, 4) is 0 Å². The molecule has 0 saturated carbocycles. The number of carbonyl (C=O) groups excluding carboxylic acids is 3. The van der Waals surface area contributed by atoms with Crippen LogP contribution in [0.4, 0.5) is 9.59 Å². The molecule has 0 aromatic heterocycles. The van der Waals surface area contributed by atoms with Gasteiger partial charge in [-0.05, 0) is 48.5 Å². The molecule has 2 amide bonds. The van der Waals surface area contributed by atoms with Crippen LogP contribution in [0, 0.1) is 11.8 Å². The van der Waals surface area contributed by atoms with Crippen LogP contribution in [-0.2, 0) is 19.0 Å². The molecule has 0 radical (unpaired) electrons. The molecule has 0 N–H and O–H groups in total. The van der Waals surface area contributed by atoms with Crippen LogP contribution in [0.3, 0.4) is 0 Å². The average molecular weight is 382 g/mol. The summed E-state index contributed by atoms with van der Waals surface area (Å²) in [4.78, 5) is 38.3. The minimum absolute atomic E-state index is 0.0504. The second kappa shape index (κ2) is 7.40. The molecule has 1 fully saturated rings. The van der Waals surface area contributed by atoms with Crippen molar-refractivity contribution in [2.45, 2.75) is 65.7 Å². The van der Waals surface area contributed by atoms with Gasteiger partial charge in [-0.2, -0.15) is 5.01 Å². The molecule has 1 aliphatic carbocycles. The van der Waals surface area contributed by atoms with Gasteiger partial charge in [0.2, 0.25) is 0 Å². The molecule has 0 aromatic carbocycles. The van der Waals surface area contributed by atoms with Gasteiger partial charge in [0.05, 0.1) is 13.2 Å². The Morgan fingerprint density at radius 2 is 1.52 bits per heavy atom. The number of esters is 1. The van der Waals surface area contributed by atoms with Crippen molar-refractivity contribution in [1.82, 2.24) is 10.0 Å². The van der Waals surface area contributed by atoms with Crippen molar-refractivity contribution in [2.24, 2.45) is 11.8 Å². The molecule has 0 aromatic rings. The zero-order valence-corrected chi connectivity index (χ0v) is 17.1. The van der Waals surface area contributed by atoms with Crippen LogP contribution in [0.1, 0.15) is 48.5 Å². The van der Waals surface area contributed by atoms with Gasteiger partial charge in [0.25, 0.3) is 0 Å². The molecule has 152 valence electrons. The Morgan fingerprint density at radius 1 is 0.963 bits per heavy atom. The van der Waals surface area contributed by atoms with Gasteiger partial charge < -0.3 is 14.2 Å². The predicted octanol–water partition coefficient (Wildman–Crippen LogP) is 3.12. The number of amides is 2. The van der Waals surface area contributed by atoms with Crippen molar-refractivity contribution >= 4 is 18.2 Å². The van der Waals surface area contributed by atoms with E-state index in [-0.39, 0.29) is 25.0 Å². The van der Waals surface area contributed by atoms with Crippen molar-refractivity contribution in [3.63, 3.8) is 0 Å². The summed E-state index contributed by atoms with van der Waals surface area (Å²) in [6.07, 6.45) is 2.28. The Morgan fingerprint density at radius 3 is 1.96 bits per heavy atom. The standard InChI is InChI=1S/C19H30N2O6/c1-8-25-15(22)14-13-10-9-12(13)11-20(16(23)26-18(2,3)4)21(14)17(24)27-19(5,6)7/h9-10,12-14H,8,11H2,1-7H3/t12?,13?,14-/m0/s1. The highest BCUT2D eigenvalue weighted by atomic mass is 16.6. The molecule has 27 heavy (non-hydrogen) atoms. The third-order valence-corrected chi connectivity index (χ3v) is 4.06. The molecule has 1 aliphatic heterocycles. The monoisotopic (exact) mass is 382 g/mol. The summed E-state index contributed by atoms with van der Waals surface area (Å²) < 4.78 is 16.1. The maximum absolute atomic E-state index is 12.9. The highest BCUT2D eigenvalue weighted by Gasteiger charge is 2.53. The second-order valence-electron chi connectivity index (χ2n) is 8.71. The number of rotatable bonds is 2. The maximum Gasteiger partial charge on any atom is 0.430 e. The summed E-state index contributed by atoms with van der Waals surface area (Å²) in [5, 5.41) is 2.22. The van der Waals surface area contributed by atoms with E-state index in [1.54, 1.807) is 48.5 Å². The van der Waals surface area contributed by atoms with Crippen LogP contribution in [0.2, 0.25) is 0 Å². The fourth-order valence-electron chi connectivity index (χ4n) is 3.00. The van der Waals surface area contributed by atoms with Crippen LogP contribution < -0.4 is 0 Å². The fraction of sp³-hybridized carbons (Fsp3) is 0.737. The molecule has 2 unspecified atom stereocenters. The van der Waals surface area contributed by atoms with Crippen molar-refractivity contribution in [1.29, 1.82) is 0 Å². The Labute approximate surface area is 160 Å². The summed E-state index contributed by atoms with van der Waals surface area (Å²) >= 11 is 0. The summed E-state index contributed by atoms with van der Waals surface area (Å²) in [7, 11) is 0. The first kappa shape index (κ1) is 21.1. The molecule has 8 nitrogen and oxygen atoms in total. The first-order chi connectivity index (χ1) is 12.3. The van der Waals surface area contributed by atoms with Gasteiger partial charge in [-0.15, -0.1) is 0 Å². The lowest BCUT2D eigenvalue weighted by atomic mass is 9.75. The highest BCUT2D eigenvalue weighted by molar-refractivity contribution is 5.85. The van der Waals surface area contributed by atoms with Crippen molar-refractivity contribution in [2.75, 3.05) is 13.2 Å². The lowest BCUT2D eigenvalue weighted by molar-refractivity contribution is -0.169. The number of ether oxygens (including phenoxy) is 3. The van der Waals surface area contributed by atoms with Crippen molar-refractivity contribution < 1.29 is 28.6 Å². The molecule has 8 heteroatoms. The SMILES string of the molecule is CCOC(=O)[C@@H]1C2C=CC2CN(C(=O)OC(C)(C)C)N1C(=O)OC(C)(C)C. The van der Waals surface area contributed by atoms with Gasteiger partial charge in [0.1, 0.15) is 11.2 Å². The van der Waals surface area contributed by atoms with Crippen molar-refractivity contribution in [3.05, 3.63) is 12.2 Å². The average Bonchev–Trinajstić information content (AvgIpc) is 2.44. The molecule has 0 bridgehead atoms. The van der Waals surface area contributed by atoms with E-state index in [4.69, 9.17) is 14.2 Å². The van der Waals surface area contributed by atoms with Crippen LogP contribution in [-0.4, -0.2) is 58.6 Å². The van der Waals surface area contributed by atoms with Crippen LogP contribution >= 0.6 is 0 Å². The number of hydrogen-bond donors (Lipinski definition) is 0. The molecule has 3 atom stereocenters. The molecule has 1 saturated heterocycles. The van der Waals surface area contributed by atoms with E-state index in [0.29, 0.717) is 0 Å². The number of hydrogen-bond acceptors (Lipinski definition) is 6. The van der Waals surface area contributed by atoms with E-state index < -0.39 is 35.4 Å². The molecule has 0 spiro atoms. The van der Waals surface area contributed by atoms with Crippen LogP contribution in [0.15, 0.2) is 12.2 Å². The van der Waals surface area contributed by atoms with E-state index in [1.807, 2.05) is 12.2 Å². The van der Waals surface area contributed by atoms with Crippen LogP contribution in [0.5, 0.6) is 0 Å². The summed E-state index contributed by atoms with van der Waals surface area (Å²) in [6.45, 7) is 12.5. The minimum atomic E-state index is -0.976. The molecule has 2 rings (SSSR count). The van der Waals surface area contributed by atoms with E-state index >= 15 is 0 Å². The Balaban J connectivity index is 2.39. The summed E-state index contributed by atoms with van der Waals surface area (Å²) in [5.74, 6) is -0.850. The number of fused-ring (bicyclic) bond motifs is 1. The summed E-state index contributed by atoms with van der Waals surface area (Å²) in [5.41, 5.74) is -1.54. The molecule has 2 aliphatic rings. The normalized spacial score (nSPS) is 24.6. The molecular weight excluding hydrogens is 352 g/mol. The Bertz CT molecular complexity index is 631. The van der Waals surface area contributed by atoms with E-state index in [0.717, 1.165) is 10.0 Å². The van der Waals surface area contributed by atoms with Gasteiger partial charge in [0, 0.05) is 11.8 Å². The quantitative estimate of drug-likeness (QED) is 0.414. The number of nitrogens with zero attached hydrogens (tertiary/aromatic N) is 2. The van der Waals surface area contributed by atoms with E-state index in [2.05, 4.69) is 0 Å². The number of carbonyl (C=O) groups is 3. The first-order valence-electron chi connectivity index (χ1n) is 9.21. The third-order valence-electron chi connectivity index (χ3n) is 4.06. The zero-order valence-electron chi connectivity index (χ0n) is 17.1. The minimum Gasteiger partial charge on any atom is -0.464 e.